The van der Waals surface area contributed by atoms with Crippen LogP contribution in [-0.2, 0) is 6.42 Å². The molecule has 0 saturated carbocycles. The summed E-state index contributed by atoms with van der Waals surface area (Å²) in [5.41, 5.74) is 2.61. The van der Waals surface area contributed by atoms with E-state index in [1.807, 2.05) is 36.4 Å². The van der Waals surface area contributed by atoms with E-state index in [0.717, 1.165) is 37.2 Å². The van der Waals surface area contributed by atoms with Crippen LogP contribution in [0.3, 0.4) is 0 Å². The van der Waals surface area contributed by atoms with Gasteiger partial charge in [-0.2, -0.15) is 0 Å². The lowest BCUT2D eigenvalue weighted by atomic mass is 10.0. The first-order valence-electron chi connectivity index (χ1n) is 7.57. The molecule has 2 aromatic carbocycles. The van der Waals surface area contributed by atoms with Crippen LogP contribution in [-0.4, -0.2) is 0 Å². The van der Waals surface area contributed by atoms with E-state index in [1.54, 1.807) is 0 Å². The summed E-state index contributed by atoms with van der Waals surface area (Å²) in [5, 5.41) is 0. The lowest BCUT2D eigenvalue weighted by Crippen LogP contribution is -1.91. The number of hydrogen-bond acceptors (Lipinski definition) is 1. The minimum Gasteiger partial charge on any atom is -0.457 e. The molecule has 0 N–H and O–H groups in total. The average molecular weight is 278 g/mol. The summed E-state index contributed by atoms with van der Waals surface area (Å²) < 4.78 is 5.84. The topological polar surface area (TPSA) is 9.23 Å². The number of hydrogen-bond donors (Lipinski definition) is 0. The van der Waals surface area contributed by atoms with Gasteiger partial charge >= 0.3 is 0 Å². The number of rotatable bonds is 5. The maximum Gasteiger partial charge on any atom is 0.127 e. The Morgan fingerprint density at radius 2 is 1.67 bits per heavy atom. The van der Waals surface area contributed by atoms with Gasteiger partial charge in [0.1, 0.15) is 11.5 Å². The molecule has 0 radical (unpaired) electrons. The van der Waals surface area contributed by atoms with Crippen LogP contribution in [0.1, 0.15) is 37.3 Å². The van der Waals surface area contributed by atoms with Crippen LogP contribution in [0.4, 0.5) is 0 Å². The molecule has 0 atom stereocenters. The molecule has 0 heterocycles. The van der Waals surface area contributed by atoms with E-state index in [-0.39, 0.29) is 0 Å². The Kier molecular flexibility index (Phi) is 5.91. The highest BCUT2D eigenvalue weighted by Crippen LogP contribution is 2.24. The molecular formula is C20H22O. The second-order valence-electron chi connectivity index (χ2n) is 5.11. The Hall–Kier alpha value is -2.20. The predicted molar refractivity (Wildman–Crippen MR) is 88.7 cm³/mol. The summed E-state index contributed by atoms with van der Waals surface area (Å²) in [7, 11) is 0. The largest absolute Gasteiger partial charge is 0.457 e. The van der Waals surface area contributed by atoms with Crippen molar-refractivity contribution in [3.8, 4) is 23.3 Å². The molecule has 21 heavy (non-hydrogen) atoms. The lowest BCUT2D eigenvalue weighted by Gasteiger charge is -2.09. The molecule has 0 aromatic heterocycles. The van der Waals surface area contributed by atoms with Crippen molar-refractivity contribution in [3.05, 3.63) is 59.7 Å². The Labute approximate surface area is 128 Å². The van der Waals surface area contributed by atoms with Gasteiger partial charge < -0.3 is 4.74 Å². The molecule has 108 valence electrons. The van der Waals surface area contributed by atoms with Gasteiger partial charge in [-0.1, -0.05) is 31.2 Å². The number of benzene rings is 2. The summed E-state index contributed by atoms with van der Waals surface area (Å²) in [6.45, 7) is 4.29. The SMILES string of the molecule is CCCC#CCCc1ccc(Oc2ccccc2)cc1C. The molecule has 0 spiro atoms. The summed E-state index contributed by atoms with van der Waals surface area (Å²) >= 11 is 0. The van der Waals surface area contributed by atoms with E-state index in [4.69, 9.17) is 4.74 Å². The predicted octanol–water partition coefficient (Wildman–Crippen LogP) is 5.52. The van der Waals surface area contributed by atoms with Crippen LogP contribution in [0.25, 0.3) is 0 Å². The highest BCUT2D eigenvalue weighted by Gasteiger charge is 2.01. The molecule has 0 saturated heterocycles. The van der Waals surface area contributed by atoms with Crippen molar-refractivity contribution in [2.45, 2.75) is 39.5 Å². The first kappa shape index (κ1) is 15.2. The normalized spacial score (nSPS) is 9.81. The van der Waals surface area contributed by atoms with Crippen LogP contribution in [0, 0.1) is 18.8 Å². The third-order valence-corrected chi connectivity index (χ3v) is 3.31. The van der Waals surface area contributed by atoms with Gasteiger partial charge in [0.25, 0.3) is 0 Å². The van der Waals surface area contributed by atoms with Gasteiger partial charge in [0.2, 0.25) is 0 Å². The van der Waals surface area contributed by atoms with Crippen LogP contribution in [0.15, 0.2) is 48.5 Å². The van der Waals surface area contributed by atoms with Crippen molar-refractivity contribution in [2.24, 2.45) is 0 Å². The molecule has 2 aromatic rings. The molecule has 1 heteroatoms. The molecular weight excluding hydrogens is 256 g/mol. The number of ether oxygens (including phenoxy) is 1. The molecule has 0 aliphatic carbocycles. The van der Waals surface area contributed by atoms with Crippen molar-refractivity contribution in [2.75, 3.05) is 0 Å². The van der Waals surface area contributed by atoms with Crippen molar-refractivity contribution >= 4 is 0 Å². The number of para-hydroxylation sites is 1. The number of aryl methyl sites for hydroxylation is 2. The van der Waals surface area contributed by atoms with Crippen molar-refractivity contribution in [1.29, 1.82) is 0 Å². The zero-order valence-electron chi connectivity index (χ0n) is 12.9. The fraction of sp³-hybridized carbons (Fsp3) is 0.300. The van der Waals surface area contributed by atoms with Crippen LogP contribution < -0.4 is 4.74 Å². The third kappa shape index (κ3) is 5.00. The first-order chi connectivity index (χ1) is 10.3. The van der Waals surface area contributed by atoms with Gasteiger partial charge in [0, 0.05) is 12.8 Å². The van der Waals surface area contributed by atoms with Gasteiger partial charge in [-0.25, -0.2) is 0 Å². The maximum atomic E-state index is 5.84. The van der Waals surface area contributed by atoms with Crippen LogP contribution >= 0.6 is 0 Å². The molecule has 0 bridgehead atoms. The standard InChI is InChI=1S/C20H22O/c1-3-4-5-6-8-11-18-14-15-20(16-17(18)2)21-19-12-9-7-10-13-19/h7,9-10,12-16H,3-4,8,11H2,1-2H3. The van der Waals surface area contributed by atoms with Crippen molar-refractivity contribution in [1.82, 2.24) is 0 Å². The minimum absolute atomic E-state index is 0.870. The molecule has 0 unspecified atom stereocenters. The second kappa shape index (κ2) is 8.17. The van der Waals surface area contributed by atoms with E-state index in [0.29, 0.717) is 0 Å². The van der Waals surface area contributed by atoms with E-state index in [1.165, 1.54) is 11.1 Å². The van der Waals surface area contributed by atoms with E-state index >= 15 is 0 Å². The highest BCUT2D eigenvalue weighted by molar-refractivity contribution is 5.38. The monoisotopic (exact) mass is 278 g/mol. The number of unbranched alkanes of at least 4 members (excludes halogenated alkanes) is 1. The van der Waals surface area contributed by atoms with Crippen LogP contribution in [0.2, 0.25) is 0 Å². The third-order valence-electron chi connectivity index (χ3n) is 3.31. The van der Waals surface area contributed by atoms with Crippen molar-refractivity contribution in [3.63, 3.8) is 0 Å². The Balaban J connectivity index is 1.96. The Bertz CT molecular complexity index is 617. The quantitative estimate of drug-likeness (QED) is 0.654. The van der Waals surface area contributed by atoms with E-state index in [2.05, 4.69) is 37.8 Å². The lowest BCUT2D eigenvalue weighted by molar-refractivity contribution is 0.482. The summed E-state index contributed by atoms with van der Waals surface area (Å²) in [4.78, 5) is 0. The zero-order valence-corrected chi connectivity index (χ0v) is 12.9. The summed E-state index contributed by atoms with van der Waals surface area (Å²) in [5.74, 6) is 8.19. The van der Waals surface area contributed by atoms with Gasteiger partial charge in [-0.15, -0.1) is 11.8 Å². The van der Waals surface area contributed by atoms with Gasteiger partial charge in [0.05, 0.1) is 0 Å². The van der Waals surface area contributed by atoms with E-state index in [9.17, 15) is 0 Å². The smallest absolute Gasteiger partial charge is 0.127 e. The Morgan fingerprint density at radius 1 is 0.905 bits per heavy atom. The maximum absolute atomic E-state index is 5.84. The highest BCUT2D eigenvalue weighted by atomic mass is 16.5. The second-order valence-corrected chi connectivity index (χ2v) is 5.11. The molecule has 0 fully saturated rings. The van der Waals surface area contributed by atoms with Gasteiger partial charge in [-0.05, 0) is 55.2 Å². The molecule has 0 amide bonds. The van der Waals surface area contributed by atoms with Crippen LogP contribution in [0.5, 0.6) is 11.5 Å². The molecule has 2 rings (SSSR count). The van der Waals surface area contributed by atoms with Crippen molar-refractivity contribution < 1.29 is 4.74 Å². The first-order valence-corrected chi connectivity index (χ1v) is 7.57. The fourth-order valence-corrected chi connectivity index (χ4v) is 2.14. The minimum atomic E-state index is 0.870. The van der Waals surface area contributed by atoms with E-state index < -0.39 is 0 Å². The van der Waals surface area contributed by atoms with Gasteiger partial charge in [-0.3, -0.25) is 0 Å². The Morgan fingerprint density at radius 3 is 2.38 bits per heavy atom. The average Bonchev–Trinajstić information content (AvgIpc) is 2.50. The molecule has 1 nitrogen and oxygen atoms in total. The molecule has 0 aliphatic heterocycles. The summed E-state index contributed by atoms with van der Waals surface area (Å²) in [6.07, 6.45) is 4.08. The molecule has 0 aliphatic rings. The summed E-state index contributed by atoms with van der Waals surface area (Å²) in [6, 6.07) is 16.2. The fourth-order valence-electron chi connectivity index (χ4n) is 2.14. The zero-order chi connectivity index (χ0) is 14.9. The van der Waals surface area contributed by atoms with Gasteiger partial charge in [0.15, 0.2) is 0 Å².